The van der Waals surface area contributed by atoms with Gasteiger partial charge < -0.3 is 0 Å². The Morgan fingerprint density at radius 2 is 2.13 bits per heavy atom. The maximum atomic E-state index is 13.2. The molecule has 0 heterocycles. The molecule has 1 nitrogen and oxygen atoms in total. The second-order valence-corrected chi connectivity index (χ2v) is 3.86. The number of carbonyl (C=O) groups excluding carboxylic acids is 1. The summed E-state index contributed by atoms with van der Waals surface area (Å²) in [6.07, 6.45) is 2.02. The van der Waals surface area contributed by atoms with Crippen molar-refractivity contribution in [1.29, 1.82) is 0 Å². The summed E-state index contributed by atoms with van der Waals surface area (Å²) in [6, 6.07) is 4.60. The summed E-state index contributed by atoms with van der Waals surface area (Å²) in [5, 5.41) is 0. The lowest BCUT2D eigenvalue weighted by molar-refractivity contribution is 0.0979. The van der Waals surface area contributed by atoms with E-state index in [1.807, 2.05) is 0 Å². The molecule has 0 amide bonds. The fraction of sp³-hybridized carbons (Fsp3) is 0.417. The van der Waals surface area contributed by atoms with Crippen LogP contribution in [-0.2, 0) is 0 Å². The quantitative estimate of drug-likeness (QED) is 0.426. The van der Waals surface area contributed by atoms with Gasteiger partial charge in [-0.2, -0.15) is 0 Å². The molecule has 3 heteroatoms. The summed E-state index contributed by atoms with van der Waals surface area (Å²) < 4.78 is 13.2. The summed E-state index contributed by atoms with van der Waals surface area (Å²) in [4.78, 5) is 11.7. The van der Waals surface area contributed by atoms with Crippen LogP contribution >= 0.6 is 11.6 Å². The average molecular weight is 229 g/mol. The summed E-state index contributed by atoms with van der Waals surface area (Å²) in [6.45, 7) is 1.63. The minimum Gasteiger partial charge on any atom is -0.294 e. The zero-order chi connectivity index (χ0) is 11.3. The first kappa shape index (κ1) is 12.2. The minimum atomic E-state index is -0.321. The van der Waals surface area contributed by atoms with E-state index < -0.39 is 0 Å². The number of unbranched alkanes of at least 4 members (excludes halogenated alkanes) is 1. The number of hydrogen-bond acceptors (Lipinski definition) is 1. The van der Waals surface area contributed by atoms with Gasteiger partial charge in [0, 0.05) is 17.9 Å². The van der Waals surface area contributed by atoms with E-state index in [9.17, 15) is 9.18 Å². The number of benzene rings is 1. The second-order valence-electron chi connectivity index (χ2n) is 3.48. The standard InChI is InChI=1S/C12H14ClFO/c1-9-10(5-4-6-11(9)14)12(15)7-2-3-8-13/h4-6H,2-3,7-8H2,1H3. The third-order valence-corrected chi connectivity index (χ3v) is 2.62. The maximum Gasteiger partial charge on any atom is 0.163 e. The van der Waals surface area contributed by atoms with E-state index in [0.717, 1.165) is 12.8 Å². The molecule has 0 aromatic heterocycles. The number of rotatable bonds is 5. The van der Waals surface area contributed by atoms with Crippen molar-refractivity contribution in [2.45, 2.75) is 26.2 Å². The molecule has 0 fully saturated rings. The van der Waals surface area contributed by atoms with Crippen molar-refractivity contribution in [2.75, 3.05) is 5.88 Å². The highest BCUT2D eigenvalue weighted by Crippen LogP contribution is 2.15. The fourth-order valence-corrected chi connectivity index (χ4v) is 1.61. The third-order valence-electron chi connectivity index (χ3n) is 2.36. The predicted molar refractivity (Wildman–Crippen MR) is 60.0 cm³/mol. The Morgan fingerprint density at radius 3 is 2.80 bits per heavy atom. The van der Waals surface area contributed by atoms with Gasteiger partial charge in [-0.3, -0.25) is 4.79 Å². The van der Waals surface area contributed by atoms with Gasteiger partial charge in [0.15, 0.2) is 5.78 Å². The van der Waals surface area contributed by atoms with E-state index in [-0.39, 0.29) is 11.6 Å². The first-order chi connectivity index (χ1) is 7.16. The monoisotopic (exact) mass is 228 g/mol. The van der Waals surface area contributed by atoms with Crippen LogP contribution in [0, 0.1) is 12.7 Å². The molecule has 0 aliphatic carbocycles. The molecular formula is C12H14ClFO. The van der Waals surface area contributed by atoms with Crippen LogP contribution in [0.5, 0.6) is 0 Å². The van der Waals surface area contributed by atoms with Crippen LogP contribution in [0.4, 0.5) is 4.39 Å². The van der Waals surface area contributed by atoms with Crippen LogP contribution in [0.25, 0.3) is 0 Å². The van der Waals surface area contributed by atoms with E-state index in [2.05, 4.69) is 0 Å². The molecule has 0 aliphatic heterocycles. The molecule has 1 aromatic carbocycles. The van der Waals surface area contributed by atoms with Gasteiger partial charge >= 0.3 is 0 Å². The first-order valence-corrected chi connectivity index (χ1v) is 5.54. The van der Waals surface area contributed by atoms with Crippen molar-refractivity contribution in [3.8, 4) is 0 Å². The van der Waals surface area contributed by atoms with Crippen molar-refractivity contribution >= 4 is 17.4 Å². The lowest BCUT2D eigenvalue weighted by atomic mass is 10.0. The molecule has 0 spiro atoms. The zero-order valence-corrected chi connectivity index (χ0v) is 9.48. The molecule has 0 saturated carbocycles. The highest BCUT2D eigenvalue weighted by molar-refractivity contribution is 6.17. The normalized spacial score (nSPS) is 10.3. The molecule has 82 valence electrons. The molecule has 0 unspecified atom stereocenters. The van der Waals surface area contributed by atoms with Crippen molar-refractivity contribution in [2.24, 2.45) is 0 Å². The van der Waals surface area contributed by atoms with Crippen LogP contribution in [0.1, 0.15) is 35.2 Å². The Morgan fingerprint density at radius 1 is 1.40 bits per heavy atom. The third kappa shape index (κ3) is 3.31. The molecule has 1 rings (SSSR count). The summed E-state index contributed by atoms with van der Waals surface area (Å²) in [7, 11) is 0. The maximum absolute atomic E-state index is 13.2. The Bertz CT molecular complexity index is 349. The van der Waals surface area contributed by atoms with Crippen LogP contribution in [-0.4, -0.2) is 11.7 Å². The number of alkyl halides is 1. The van der Waals surface area contributed by atoms with Gasteiger partial charge in [0.2, 0.25) is 0 Å². The van der Waals surface area contributed by atoms with Crippen molar-refractivity contribution < 1.29 is 9.18 Å². The molecule has 1 aromatic rings. The van der Waals surface area contributed by atoms with Gasteiger partial charge in [-0.25, -0.2) is 4.39 Å². The van der Waals surface area contributed by atoms with E-state index in [1.165, 1.54) is 6.07 Å². The highest BCUT2D eigenvalue weighted by atomic mass is 35.5. The lowest BCUT2D eigenvalue weighted by Crippen LogP contribution is -2.03. The zero-order valence-electron chi connectivity index (χ0n) is 8.72. The van der Waals surface area contributed by atoms with E-state index >= 15 is 0 Å². The van der Waals surface area contributed by atoms with Crippen LogP contribution in [0.2, 0.25) is 0 Å². The predicted octanol–water partition coefficient (Wildman–Crippen LogP) is 3.73. The number of Topliss-reactive ketones (excluding diaryl/α,β-unsaturated/α-hetero) is 1. The molecular weight excluding hydrogens is 215 g/mol. The molecule has 0 aliphatic rings. The number of hydrogen-bond donors (Lipinski definition) is 0. The van der Waals surface area contributed by atoms with E-state index in [0.29, 0.717) is 23.4 Å². The fourth-order valence-electron chi connectivity index (χ4n) is 1.42. The topological polar surface area (TPSA) is 17.1 Å². The van der Waals surface area contributed by atoms with Crippen LogP contribution in [0.3, 0.4) is 0 Å². The Labute approximate surface area is 94.3 Å². The van der Waals surface area contributed by atoms with Gasteiger partial charge in [0.05, 0.1) is 0 Å². The Balaban J connectivity index is 2.69. The van der Waals surface area contributed by atoms with Gasteiger partial charge in [0.1, 0.15) is 5.82 Å². The smallest absolute Gasteiger partial charge is 0.163 e. The van der Waals surface area contributed by atoms with E-state index in [1.54, 1.807) is 19.1 Å². The number of ketones is 1. The molecule has 0 bridgehead atoms. The Hall–Kier alpha value is -0.890. The number of carbonyl (C=O) groups is 1. The largest absolute Gasteiger partial charge is 0.294 e. The minimum absolute atomic E-state index is 0.00267. The summed E-state index contributed by atoms with van der Waals surface area (Å²) >= 11 is 5.52. The van der Waals surface area contributed by atoms with Crippen molar-refractivity contribution in [3.05, 3.63) is 35.1 Å². The molecule has 0 saturated heterocycles. The summed E-state index contributed by atoms with van der Waals surface area (Å²) in [5.74, 6) is 0.241. The molecule has 0 radical (unpaired) electrons. The van der Waals surface area contributed by atoms with Gasteiger partial charge in [-0.1, -0.05) is 12.1 Å². The highest BCUT2D eigenvalue weighted by Gasteiger charge is 2.10. The lowest BCUT2D eigenvalue weighted by Gasteiger charge is -2.04. The second kappa shape index (κ2) is 5.86. The molecule has 15 heavy (non-hydrogen) atoms. The SMILES string of the molecule is Cc1c(F)cccc1C(=O)CCCCCl. The molecule has 0 atom stereocenters. The van der Waals surface area contributed by atoms with Gasteiger partial charge in [0.25, 0.3) is 0 Å². The summed E-state index contributed by atoms with van der Waals surface area (Å²) in [5.41, 5.74) is 0.929. The van der Waals surface area contributed by atoms with E-state index in [4.69, 9.17) is 11.6 Å². The first-order valence-electron chi connectivity index (χ1n) is 5.01. The van der Waals surface area contributed by atoms with Crippen LogP contribution < -0.4 is 0 Å². The Kier molecular flexibility index (Phi) is 4.76. The van der Waals surface area contributed by atoms with Crippen molar-refractivity contribution in [1.82, 2.24) is 0 Å². The average Bonchev–Trinajstić information content (AvgIpc) is 2.22. The molecule has 0 N–H and O–H groups in total. The van der Waals surface area contributed by atoms with Crippen LogP contribution in [0.15, 0.2) is 18.2 Å². The van der Waals surface area contributed by atoms with Crippen molar-refractivity contribution in [3.63, 3.8) is 0 Å². The van der Waals surface area contributed by atoms with Gasteiger partial charge in [-0.05, 0) is 31.4 Å². The van der Waals surface area contributed by atoms with Gasteiger partial charge in [-0.15, -0.1) is 11.6 Å². The number of halogens is 2.